The maximum Gasteiger partial charge on any atom is 0.306 e. The molecule has 4 heteroatoms. The van der Waals surface area contributed by atoms with E-state index in [4.69, 9.17) is 9.84 Å². The number of carbonyl (C=O) groups excluding carboxylic acids is 1. The Morgan fingerprint density at radius 2 is 1.10 bits per heavy atom. The van der Waals surface area contributed by atoms with Crippen molar-refractivity contribution in [3.63, 3.8) is 0 Å². The molecule has 1 N–H and O–H groups in total. The predicted molar refractivity (Wildman–Crippen MR) is 128 cm³/mol. The van der Waals surface area contributed by atoms with E-state index in [2.05, 4.69) is 20.8 Å². The van der Waals surface area contributed by atoms with Crippen molar-refractivity contribution in [2.24, 2.45) is 5.92 Å². The minimum Gasteiger partial charge on any atom is -0.481 e. The summed E-state index contributed by atoms with van der Waals surface area (Å²) in [7, 11) is 0. The van der Waals surface area contributed by atoms with E-state index >= 15 is 0 Å². The molecule has 4 nitrogen and oxygen atoms in total. The molecule has 0 aliphatic heterocycles. The molecule has 30 heavy (non-hydrogen) atoms. The molecule has 0 aliphatic carbocycles. The average molecular weight is 429 g/mol. The fourth-order valence-corrected chi connectivity index (χ4v) is 3.26. The van der Waals surface area contributed by atoms with E-state index in [1.165, 1.54) is 77.0 Å². The lowest BCUT2D eigenvalue weighted by molar-refractivity contribution is -0.147. The van der Waals surface area contributed by atoms with Gasteiger partial charge in [-0.15, -0.1) is 0 Å². The summed E-state index contributed by atoms with van der Waals surface area (Å²) < 4.78 is 5.10. The van der Waals surface area contributed by atoms with E-state index < -0.39 is 5.97 Å². The van der Waals surface area contributed by atoms with Gasteiger partial charge in [0.2, 0.25) is 0 Å². The Morgan fingerprint density at radius 3 is 1.53 bits per heavy atom. The van der Waals surface area contributed by atoms with Crippen molar-refractivity contribution >= 4 is 11.9 Å². The molecule has 0 saturated heterocycles. The first kappa shape index (κ1) is 31.1. The molecule has 180 valence electrons. The highest BCUT2D eigenvalue weighted by molar-refractivity contribution is 5.69. The maximum atomic E-state index is 11.3. The maximum absolute atomic E-state index is 11.3. The Hall–Kier alpha value is -1.06. The summed E-state index contributed by atoms with van der Waals surface area (Å²) in [5.74, 6) is 0.0419. The van der Waals surface area contributed by atoms with Crippen LogP contribution in [-0.2, 0) is 14.3 Å². The molecule has 0 heterocycles. The summed E-state index contributed by atoms with van der Waals surface area (Å²) in [6, 6.07) is 0. The van der Waals surface area contributed by atoms with Gasteiger partial charge < -0.3 is 9.84 Å². The highest BCUT2D eigenvalue weighted by Crippen LogP contribution is 2.12. The van der Waals surface area contributed by atoms with Crippen molar-refractivity contribution in [3.8, 4) is 0 Å². The zero-order chi connectivity index (χ0) is 23.0. The molecular weight excluding hydrogens is 376 g/mol. The van der Waals surface area contributed by atoms with Crippen molar-refractivity contribution < 1.29 is 19.4 Å². The molecule has 0 aromatic heterocycles. The number of unbranched alkanes of at least 4 members (excludes halogenated alkanes) is 12. The number of aliphatic carboxylic acids is 1. The van der Waals surface area contributed by atoms with Crippen LogP contribution >= 0.6 is 0 Å². The van der Waals surface area contributed by atoms with Crippen molar-refractivity contribution in [1.29, 1.82) is 0 Å². The Balaban J connectivity index is 0. The molecule has 0 bridgehead atoms. The van der Waals surface area contributed by atoms with Gasteiger partial charge in [-0.25, -0.2) is 0 Å². The minimum absolute atomic E-state index is 0.0280. The standard InChI is InChI=1S/C17H34O2.C9H18O2/c1-4-5-6-7-8-9-10-11-12-13-14-15-17(18)19-16(2)3;1-8(2)6-4-3-5-7-9(10)11/h16H,4-15H2,1-3H3;8H,3-7H2,1-2H3,(H,10,11). The van der Waals surface area contributed by atoms with Gasteiger partial charge in [0, 0.05) is 12.8 Å². The number of carboxylic acid groups (broad SMARTS) is 1. The van der Waals surface area contributed by atoms with Gasteiger partial charge in [-0.05, 0) is 32.6 Å². The third kappa shape index (κ3) is 31.6. The number of ether oxygens (including phenoxy) is 1. The molecule has 0 amide bonds. The first-order valence-electron chi connectivity index (χ1n) is 12.7. The lowest BCUT2D eigenvalue weighted by Crippen LogP contribution is -2.10. The van der Waals surface area contributed by atoms with Crippen LogP contribution in [0.2, 0.25) is 0 Å². The number of esters is 1. The van der Waals surface area contributed by atoms with Crippen LogP contribution in [0.3, 0.4) is 0 Å². The van der Waals surface area contributed by atoms with Crippen LogP contribution in [0.15, 0.2) is 0 Å². The second kappa shape index (κ2) is 24.2. The van der Waals surface area contributed by atoms with Crippen LogP contribution in [0.4, 0.5) is 0 Å². The first-order valence-corrected chi connectivity index (χ1v) is 12.7. The van der Waals surface area contributed by atoms with Gasteiger partial charge in [0.05, 0.1) is 6.10 Å². The molecule has 0 rings (SSSR count). The van der Waals surface area contributed by atoms with Crippen LogP contribution in [0.1, 0.15) is 144 Å². The summed E-state index contributed by atoms with van der Waals surface area (Å²) in [5, 5.41) is 8.32. The van der Waals surface area contributed by atoms with Crippen LogP contribution in [0.25, 0.3) is 0 Å². The lowest BCUT2D eigenvalue weighted by Gasteiger charge is -2.07. The number of rotatable bonds is 19. The average Bonchev–Trinajstić information content (AvgIpc) is 2.65. The third-order valence-corrected chi connectivity index (χ3v) is 5.02. The fraction of sp³-hybridized carbons (Fsp3) is 0.923. The molecule has 0 spiro atoms. The van der Waals surface area contributed by atoms with Gasteiger partial charge in [0.1, 0.15) is 0 Å². The largest absolute Gasteiger partial charge is 0.481 e. The van der Waals surface area contributed by atoms with Crippen molar-refractivity contribution in [2.45, 2.75) is 150 Å². The summed E-state index contributed by atoms with van der Waals surface area (Å²) in [5.41, 5.74) is 0. The fourth-order valence-electron chi connectivity index (χ4n) is 3.26. The van der Waals surface area contributed by atoms with E-state index in [1.807, 2.05) is 13.8 Å². The van der Waals surface area contributed by atoms with Gasteiger partial charge in [-0.3, -0.25) is 9.59 Å². The first-order chi connectivity index (χ1) is 14.3. The second-order valence-electron chi connectivity index (χ2n) is 9.21. The molecule has 0 aromatic rings. The minimum atomic E-state index is -0.672. The number of hydrogen-bond acceptors (Lipinski definition) is 3. The second-order valence-corrected chi connectivity index (χ2v) is 9.21. The SMILES string of the molecule is CC(C)CCCCCC(=O)O.CCCCCCCCCCCCCC(=O)OC(C)C. The summed E-state index contributed by atoms with van der Waals surface area (Å²) in [4.78, 5) is 21.4. The van der Waals surface area contributed by atoms with Gasteiger partial charge in [0.25, 0.3) is 0 Å². The van der Waals surface area contributed by atoms with Gasteiger partial charge in [-0.1, -0.05) is 104 Å². The summed E-state index contributed by atoms with van der Waals surface area (Å²) >= 11 is 0. The molecule has 0 saturated carbocycles. The van der Waals surface area contributed by atoms with Gasteiger partial charge in [-0.2, -0.15) is 0 Å². The van der Waals surface area contributed by atoms with E-state index in [0.29, 0.717) is 12.8 Å². The Morgan fingerprint density at radius 1 is 0.667 bits per heavy atom. The third-order valence-electron chi connectivity index (χ3n) is 5.02. The molecule has 0 aliphatic rings. The van der Waals surface area contributed by atoms with Crippen LogP contribution in [-0.4, -0.2) is 23.1 Å². The molecule has 0 fully saturated rings. The quantitative estimate of drug-likeness (QED) is 0.166. The molecule has 0 unspecified atom stereocenters. The van der Waals surface area contributed by atoms with Crippen molar-refractivity contribution in [2.75, 3.05) is 0 Å². The molecule has 0 aromatic carbocycles. The van der Waals surface area contributed by atoms with Crippen LogP contribution in [0.5, 0.6) is 0 Å². The number of hydrogen-bond donors (Lipinski definition) is 1. The Kier molecular flexibility index (Phi) is 25.1. The van der Waals surface area contributed by atoms with E-state index in [0.717, 1.165) is 25.2 Å². The molecule has 0 radical (unpaired) electrons. The normalized spacial score (nSPS) is 10.8. The Bertz CT molecular complexity index is 377. The number of carbonyl (C=O) groups is 2. The topological polar surface area (TPSA) is 63.6 Å². The van der Waals surface area contributed by atoms with E-state index in [1.54, 1.807) is 0 Å². The van der Waals surface area contributed by atoms with Crippen molar-refractivity contribution in [3.05, 3.63) is 0 Å². The zero-order valence-corrected chi connectivity index (χ0v) is 20.8. The zero-order valence-electron chi connectivity index (χ0n) is 20.8. The smallest absolute Gasteiger partial charge is 0.306 e. The monoisotopic (exact) mass is 428 g/mol. The van der Waals surface area contributed by atoms with Crippen molar-refractivity contribution in [1.82, 2.24) is 0 Å². The van der Waals surface area contributed by atoms with Gasteiger partial charge >= 0.3 is 11.9 Å². The van der Waals surface area contributed by atoms with Crippen LogP contribution < -0.4 is 0 Å². The molecular formula is C26H52O4. The van der Waals surface area contributed by atoms with Crippen LogP contribution in [0, 0.1) is 5.92 Å². The highest BCUT2D eigenvalue weighted by atomic mass is 16.5. The Labute approximate surface area is 187 Å². The summed E-state index contributed by atoms with van der Waals surface area (Å²) in [6.45, 7) is 10.4. The van der Waals surface area contributed by atoms with E-state index in [-0.39, 0.29) is 12.1 Å². The van der Waals surface area contributed by atoms with E-state index in [9.17, 15) is 9.59 Å². The summed E-state index contributed by atoms with van der Waals surface area (Å²) in [6.07, 6.45) is 19.7. The molecule has 0 atom stereocenters. The van der Waals surface area contributed by atoms with Gasteiger partial charge in [0.15, 0.2) is 0 Å². The predicted octanol–water partition coefficient (Wildman–Crippen LogP) is 8.32. The number of carboxylic acids is 1. The lowest BCUT2D eigenvalue weighted by atomic mass is 10.0. The highest BCUT2D eigenvalue weighted by Gasteiger charge is 2.04.